The Balaban J connectivity index is 3.04. The second-order valence-electron chi connectivity index (χ2n) is 3.90. The van der Waals surface area contributed by atoms with Crippen LogP contribution in [0.3, 0.4) is 0 Å². The highest BCUT2D eigenvalue weighted by Crippen LogP contribution is 2.30. The lowest BCUT2D eigenvalue weighted by atomic mass is 10.1. The van der Waals surface area contributed by atoms with E-state index >= 15 is 0 Å². The predicted octanol–water partition coefficient (Wildman–Crippen LogP) is 2.62. The summed E-state index contributed by atoms with van der Waals surface area (Å²) in [6, 6.07) is 5.12. The van der Waals surface area contributed by atoms with Crippen LogP contribution in [0.4, 0.5) is 0 Å². The molecule has 0 heterocycles. The summed E-state index contributed by atoms with van der Waals surface area (Å²) >= 11 is 0. The molecule has 0 saturated carbocycles. The van der Waals surface area contributed by atoms with Gasteiger partial charge in [0.15, 0.2) is 5.78 Å². The van der Waals surface area contributed by atoms with Crippen molar-refractivity contribution in [2.75, 3.05) is 19.8 Å². The lowest BCUT2D eigenvalue weighted by molar-refractivity contribution is -0.141. The lowest BCUT2D eigenvalue weighted by Gasteiger charge is -2.14. The van der Waals surface area contributed by atoms with Crippen LogP contribution in [0.2, 0.25) is 0 Å². The summed E-state index contributed by atoms with van der Waals surface area (Å²) in [5, 5.41) is 0. The Morgan fingerprint density at radius 3 is 1.95 bits per heavy atom. The van der Waals surface area contributed by atoms with Gasteiger partial charge in [-0.25, -0.2) is 0 Å². The zero-order chi connectivity index (χ0) is 15.0. The standard InChI is InChI=1S/C15H20O5/c1-4-18-12-8-7-9-13(19-5-2)15(12)11(16)10-14(17)20-6-3/h7-9H,4-6,10H2,1-3H3. The van der Waals surface area contributed by atoms with Gasteiger partial charge in [0, 0.05) is 0 Å². The number of Topliss-reactive ketones (excluding diaryl/α,β-unsaturated/α-hetero) is 1. The molecule has 0 saturated heterocycles. The summed E-state index contributed by atoms with van der Waals surface area (Å²) in [6.45, 7) is 6.45. The van der Waals surface area contributed by atoms with Crippen molar-refractivity contribution in [1.82, 2.24) is 0 Å². The Kier molecular flexibility index (Phi) is 6.56. The molecule has 0 unspecified atom stereocenters. The van der Waals surface area contributed by atoms with Crippen LogP contribution < -0.4 is 9.47 Å². The third kappa shape index (κ3) is 4.26. The van der Waals surface area contributed by atoms with Crippen LogP contribution in [0.1, 0.15) is 37.6 Å². The summed E-state index contributed by atoms with van der Waals surface area (Å²) in [4.78, 5) is 23.7. The molecule has 0 radical (unpaired) electrons. The molecule has 0 fully saturated rings. The van der Waals surface area contributed by atoms with Crippen molar-refractivity contribution in [2.45, 2.75) is 27.2 Å². The molecule has 0 spiro atoms. The van der Waals surface area contributed by atoms with Crippen molar-refractivity contribution >= 4 is 11.8 Å². The van der Waals surface area contributed by atoms with Crippen molar-refractivity contribution in [3.8, 4) is 11.5 Å². The summed E-state index contributed by atoms with van der Waals surface area (Å²) in [5.41, 5.74) is 0.296. The number of carbonyl (C=O) groups excluding carboxylic acids is 2. The minimum atomic E-state index is -0.550. The topological polar surface area (TPSA) is 61.8 Å². The van der Waals surface area contributed by atoms with E-state index in [-0.39, 0.29) is 18.8 Å². The summed E-state index contributed by atoms with van der Waals surface area (Å²) in [7, 11) is 0. The van der Waals surface area contributed by atoms with E-state index in [1.165, 1.54) is 0 Å². The molecule has 0 N–H and O–H groups in total. The van der Waals surface area contributed by atoms with Crippen molar-refractivity contribution in [3.63, 3.8) is 0 Å². The number of rotatable bonds is 8. The Labute approximate surface area is 118 Å². The van der Waals surface area contributed by atoms with Crippen molar-refractivity contribution in [1.29, 1.82) is 0 Å². The highest BCUT2D eigenvalue weighted by Gasteiger charge is 2.21. The average Bonchev–Trinajstić information content (AvgIpc) is 2.39. The van der Waals surface area contributed by atoms with Gasteiger partial charge >= 0.3 is 5.97 Å². The molecule has 1 rings (SSSR count). The van der Waals surface area contributed by atoms with Gasteiger partial charge in [0.25, 0.3) is 0 Å². The van der Waals surface area contributed by atoms with Gasteiger partial charge < -0.3 is 14.2 Å². The quantitative estimate of drug-likeness (QED) is 0.416. The van der Waals surface area contributed by atoms with Crippen LogP contribution in [0, 0.1) is 0 Å². The Hall–Kier alpha value is -2.04. The number of hydrogen-bond acceptors (Lipinski definition) is 5. The van der Waals surface area contributed by atoms with Gasteiger partial charge in [0.05, 0.1) is 19.8 Å². The first-order valence-corrected chi connectivity index (χ1v) is 6.71. The summed E-state index contributed by atoms with van der Waals surface area (Å²) in [6.07, 6.45) is -0.321. The zero-order valence-corrected chi connectivity index (χ0v) is 12.1. The highest BCUT2D eigenvalue weighted by molar-refractivity contribution is 6.09. The average molecular weight is 280 g/mol. The van der Waals surface area contributed by atoms with E-state index in [0.717, 1.165) is 0 Å². The lowest BCUT2D eigenvalue weighted by Crippen LogP contribution is -2.14. The monoisotopic (exact) mass is 280 g/mol. The molecular formula is C15H20O5. The molecule has 0 aliphatic rings. The van der Waals surface area contributed by atoms with Crippen molar-refractivity contribution < 1.29 is 23.8 Å². The number of carbonyl (C=O) groups is 2. The van der Waals surface area contributed by atoms with E-state index in [9.17, 15) is 9.59 Å². The predicted molar refractivity (Wildman–Crippen MR) is 74.4 cm³/mol. The van der Waals surface area contributed by atoms with E-state index in [1.807, 2.05) is 13.8 Å². The first kappa shape index (κ1) is 16.0. The SMILES string of the molecule is CCOC(=O)CC(=O)c1c(OCC)cccc1OCC. The number of ketones is 1. The van der Waals surface area contributed by atoms with Gasteiger partial charge in [-0.1, -0.05) is 6.07 Å². The highest BCUT2D eigenvalue weighted by atomic mass is 16.5. The van der Waals surface area contributed by atoms with Crippen LogP contribution >= 0.6 is 0 Å². The van der Waals surface area contributed by atoms with Crippen molar-refractivity contribution in [2.24, 2.45) is 0 Å². The molecule has 5 nitrogen and oxygen atoms in total. The number of hydrogen-bond donors (Lipinski definition) is 0. The first-order chi connectivity index (χ1) is 9.63. The molecule has 1 aromatic rings. The van der Waals surface area contributed by atoms with Gasteiger partial charge in [-0.05, 0) is 32.9 Å². The van der Waals surface area contributed by atoms with Gasteiger partial charge in [-0.2, -0.15) is 0 Å². The molecule has 0 atom stereocenters. The molecule has 0 aromatic heterocycles. The molecule has 110 valence electrons. The smallest absolute Gasteiger partial charge is 0.313 e. The summed E-state index contributed by atoms with van der Waals surface area (Å²) < 4.78 is 15.7. The molecule has 1 aromatic carbocycles. The first-order valence-electron chi connectivity index (χ1n) is 6.71. The van der Waals surface area contributed by atoms with Crippen molar-refractivity contribution in [3.05, 3.63) is 23.8 Å². The Morgan fingerprint density at radius 1 is 0.950 bits per heavy atom. The second kappa shape index (κ2) is 8.19. The van der Waals surface area contributed by atoms with E-state index in [4.69, 9.17) is 14.2 Å². The van der Waals surface area contributed by atoms with Crippen LogP contribution in [-0.4, -0.2) is 31.6 Å². The summed E-state index contributed by atoms with van der Waals surface area (Å²) in [5.74, 6) is -0.0669. The maximum atomic E-state index is 12.3. The minimum absolute atomic E-state index is 0.248. The molecule has 0 aliphatic heterocycles. The molecular weight excluding hydrogens is 260 g/mol. The van der Waals surface area contributed by atoms with E-state index in [2.05, 4.69) is 0 Å². The fourth-order valence-corrected chi connectivity index (χ4v) is 1.77. The van der Waals surface area contributed by atoms with Crippen LogP contribution in [0.5, 0.6) is 11.5 Å². The van der Waals surface area contributed by atoms with E-state index in [1.54, 1.807) is 25.1 Å². The van der Waals surface area contributed by atoms with E-state index < -0.39 is 5.97 Å². The molecule has 0 aliphatic carbocycles. The molecule has 5 heteroatoms. The Morgan fingerprint density at radius 2 is 1.50 bits per heavy atom. The van der Waals surface area contributed by atoms with E-state index in [0.29, 0.717) is 30.3 Å². The van der Waals surface area contributed by atoms with Gasteiger partial charge in [-0.15, -0.1) is 0 Å². The largest absolute Gasteiger partial charge is 0.493 e. The molecule has 0 amide bonds. The fourth-order valence-electron chi connectivity index (χ4n) is 1.77. The van der Waals surface area contributed by atoms with Crippen LogP contribution in [0.15, 0.2) is 18.2 Å². The Bertz CT molecular complexity index is 443. The maximum Gasteiger partial charge on any atom is 0.313 e. The zero-order valence-electron chi connectivity index (χ0n) is 12.1. The number of benzene rings is 1. The van der Waals surface area contributed by atoms with Gasteiger partial charge in [0.1, 0.15) is 23.5 Å². The number of esters is 1. The normalized spacial score (nSPS) is 9.95. The molecule has 0 bridgehead atoms. The third-order valence-corrected chi connectivity index (χ3v) is 2.48. The fraction of sp³-hybridized carbons (Fsp3) is 0.467. The minimum Gasteiger partial charge on any atom is -0.493 e. The maximum absolute atomic E-state index is 12.3. The molecule has 20 heavy (non-hydrogen) atoms. The second-order valence-corrected chi connectivity index (χ2v) is 3.90. The van der Waals surface area contributed by atoms with Crippen LogP contribution in [-0.2, 0) is 9.53 Å². The van der Waals surface area contributed by atoms with Crippen LogP contribution in [0.25, 0.3) is 0 Å². The van der Waals surface area contributed by atoms with Gasteiger partial charge in [0.2, 0.25) is 0 Å². The van der Waals surface area contributed by atoms with Gasteiger partial charge in [-0.3, -0.25) is 9.59 Å². The number of ether oxygens (including phenoxy) is 3. The third-order valence-electron chi connectivity index (χ3n) is 2.48.